The highest BCUT2D eigenvalue weighted by atomic mass is 16.6. The Morgan fingerprint density at radius 1 is 0.788 bits per heavy atom. The van der Waals surface area contributed by atoms with Crippen LogP contribution in [-0.2, 0) is 16.1 Å². The molecule has 0 aliphatic rings. The molecule has 0 atom stereocenters. The number of carbonyl (C=O) groups is 2. The number of carbonyl (C=O) groups excluding carboxylic acids is 2. The number of nitrogens with one attached hydrogen (secondary N) is 2. The van der Waals surface area contributed by atoms with E-state index in [1.807, 2.05) is 51.1 Å². The van der Waals surface area contributed by atoms with Gasteiger partial charge in [0.15, 0.2) is 0 Å². The molecule has 1 aromatic carbocycles. The topological polar surface area (TPSA) is 79.9 Å². The largest absolute Gasteiger partial charge is 0.445 e. The smallest absolute Gasteiger partial charge is 0.407 e. The highest BCUT2D eigenvalue weighted by Gasteiger charge is 2.15. The third-order valence-electron chi connectivity index (χ3n) is 5.08. The molecule has 188 valence electrons. The van der Waals surface area contributed by atoms with E-state index in [9.17, 15) is 9.59 Å². The van der Waals surface area contributed by atoms with Gasteiger partial charge in [0.1, 0.15) is 12.2 Å². The van der Waals surface area contributed by atoms with Gasteiger partial charge in [0.25, 0.3) is 0 Å². The SMILES string of the molecule is CN(CCCCCCNC(=O)OCc1ccccc1)CCCCCCNC(=O)OC(C)(C)C. The van der Waals surface area contributed by atoms with Crippen LogP contribution in [0.15, 0.2) is 30.3 Å². The number of rotatable bonds is 16. The Morgan fingerprint density at radius 2 is 1.30 bits per heavy atom. The average molecular weight is 464 g/mol. The summed E-state index contributed by atoms with van der Waals surface area (Å²) in [7, 11) is 2.17. The van der Waals surface area contributed by atoms with Crippen LogP contribution < -0.4 is 10.6 Å². The molecule has 0 saturated carbocycles. The second kappa shape index (κ2) is 17.2. The van der Waals surface area contributed by atoms with Crippen molar-refractivity contribution in [2.45, 2.75) is 84.3 Å². The second-order valence-corrected chi connectivity index (χ2v) is 9.55. The van der Waals surface area contributed by atoms with Gasteiger partial charge in [-0.3, -0.25) is 0 Å². The summed E-state index contributed by atoms with van der Waals surface area (Å²) >= 11 is 0. The van der Waals surface area contributed by atoms with Gasteiger partial charge in [0.05, 0.1) is 0 Å². The lowest BCUT2D eigenvalue weighted by Crippen LogP contribution is -2.33. The van der Waals surface area contributed by atoms with E-state index in [1.165, 1.54) is 25.7 Å². The predicted octanol–water partition coefficient (Wildman–Crippen LogP) is 5.49. The summed E-state index contributed by atoms with van der Waals surface area (Å²) in [6, 6.07) is 9.69. The molecule has 0 aliphatic carbocycles. The zero-order valence-electron chi connectivity index (χ0n) is 21.2. The summed E-state index contributed by atoms with van der Waals surface area (Å²) in [5.41, 5.74) is 0.550. The summed E-state index contributed by atoms with van der Waals surface area (Å²) < 4.78 is 10.4. The van der Waals surface area contributed by atoms with Crippen molar-refractivity contribution in [2.24, 2.45) is 0 Å². The van der Waals surface area contributed by atoms with Gasteiger partial charge in [-0.1, -0.05) is 56.0 Å². The average Bonchev–Trinajstić information content (AvgIpc) is 2.76. The molecule has 0 fully saturated rings. The minimum atomic E-state index is -0.442. The zero-order valence-corrected chi connectivity index (χ0v) is 21.2. The van der Waals surface area contributed by atoms with Crippen LogP contribution in [0.5, 0.6) is 0 Å². The number of hydrogen-bond donors (Lipinski definition) is 2. The number of unbranched alkanes of at least 4 members (excludes halogenated alkanes) is 6. The Bertz CT molecular complexity index is 647. The van der Waals surface area contributed by atoms with Gasteiger partial charge in [0.2, 0.25) is 0 Å². The van der Waals surface area contributed by atoms with Gasteiger partial charge in [0, 0.05) is 13.1 Å². The van der Waals surface area contributed by atoms with Crippen molar-refractivity contribution in [1.29, 1.82) is 0 Å². The number of ether oxygens (including phenoxy) is 2. The van der Waals surface area contributed by atoms with Gasteiger partial charge >= 0.3 is 12.2 Å². The molecular weight excluding hydrogens is 418 g/mol. The maximum Gasteiger partial charge on any atom is 0.407 e. The second-order valence-electron chi connectivity index (χ2n) is 9.55. The van der Waals surface area contributed by atoms with Crippen molar-refractivity contribution in [3.63, 3.8) is 0 Å². The summed E-state index contributed by atoms with van der Waals surface area (Å²) in [4.78, 5) is 25.6. The lowest BCUT2D eigenvalue weighted by Gasteiger charge is -2.19. The molecule has 0 heterocycles. The van der Waals surface area contributed by atoms with Gasteiger partial charge in [-0.05, 0) is 72.2 Å². The minimum absolute atomic E-state index is 0.308. The third kappa shape index (κ3) is 17.9. The lowest BCUT2D eigenvalue weighted by molar-refractivity contribution is 0.0527. The van der Waals surface area contributed by atoms with E-state index < -0.39 is 5.60 Å². The van der Waals surface area contributed by atoms with Crippen molar-refractivity contribution in [1.82, 2.24) is 15.5 Å². The maximum atomic E-state index is 11.7. The Balaban J connectivity index is 1.86. The molecule has 7 heteroatoms. The van der Waals surface area contributed by atoms with Crippen molar-refractivity contribution in [3.05, 3.63) is 35.9 Å². The molecule has 2 N–H and O–H groups in total. The van der Waals surface area contributed by atoms with E-state index in [-0.39, 0.29) is 12.2 Å². The molecular formula is C26H45N3O4. The lowest BCUT2D eigenvalue weighted by atomic mass is 10.1. The zero-order chi connectivity index (χ0) is 24.4. The van der Waals surface area contributed by atoms with E-state index in [4.69, 9.17) is 9.47 Å². The number of amides is 2. The molecule has 0 saturated heterocycles. The quantitative estimate of drug-likeness (QED) is 0.317. The summed E-state index contributed by atoms with van der Waals surface area (Å²) in [5, 5.41) is 5.62. The van der Waals surface area contributed by atoms with Crippen LogP contribution >= 0.6 is 0 Å². The molecule has 7 nitrogen and oxygen atoms in total. The Morgan fingerprint density at radius 3 is 1.85 bits per heavy atom. The Kier molecular flexibility index (Phi) is 15.0. The first-order chi connectivity index (χ1) is 15.8. The molecule has 0 aromatic heterocycles. The van der Waals surface area contributed by atoms with Crippen molar-refractivity contribution in [3.8, 4) is 0 Å². The fourth-order valence-electron chi connectivity index (χ4n) is 3.30. The van der Waals surface area contributed by atoms with Crippen LogP contribution in [0.4, 0.5) is 9.59 Å². The van der Waals surface area contributed by atoms with Crippen molar-refractivity contribution < 1.29 is 19.1 Å². The van der Waals surface area contributed by atoms with Gasteiger partial charge in [-0.2, -0.15) is 0 Å². The van der Waals surface area contributed by atoms with Gasteiger partial charge < -0.3 is 25.0 Å². The molecule has 33 heavy (non-hydrogen) atoms. The van der Waals surface area contributed by atoms with Crippen LogP contribution in [0.25, 0.3) is 0 Å². The highest BCUT2D eigenvalue weighted by molar-refractivity contribution is 5.67. The van der Waals surface area contributed by atoms with Gasteiger partial charge in [-0.15, -0.1) is 0 Å². The molecule has 0 bridgehead atoms. The summed E-state index contributed by atoms with van der Waals surface area (Å²) in [6.07, 6.45) is 8.20. The normalized spacial score (nSPS) is 11.3. The number of alkyl carbamates (subject to hydrolysis) is 2. The molecule has 0 aliphatic heterocycles. The summed E-state index contributed by atoms with van der Waals surface area (Å²) in [6.45, 7) is 9.45. The van der Waals surface area contributed by atoms with E-state index in [2.05, 4.69) is 22.6 Å². The van der Waals surface area contributed by atoms with Gasteiger partial charge in [-0.25, -0.2) is 9.59 Å². The predicted molar refractivity (Wildman–Crippen MR) is 133 cm³/mol. The van der Waals surface area contributed by atoms with Crippen LogP contribution in [0, 0.1) is 0 Å². The minimum Gasteiger partial charge on any atom is -0.445 e. The van der Waals surface area contributed by atoms with E-state index in [0.29, 0.717) is 19.7 Å². The number of benzene rings is 1. The maximum absolute atomic E-state index is 11.7. The Labute approximate surface area is 200 Å². The number of hydrogen-bond acceptors (Lipinski definition) is 5. The monoisotopic (exact) mass is 463 g/mol. The highest BCUT2D eigenvalue weighted by Crippen LogP contribution is 2.07. The van der Waals surface area contributed by atoms with E-state index >= 15 is 0 Å². The van der Waals surface area contributed by atoms with Crippen LogP contribution in [-0.4, -0.2) is 55.9 Å². The standard InChI is InChI=1S/C26H45N3O4/c1-26(2,3)33-25(31)28-19-13-6-8-15-21-29(4)20-14-7-5-12-18-27-24(30)32-22-23-16-10-9-11-17-23/h9-11,16-17H,5-8,12-15,18-22H2,1-4H3,(H,27,30)(H,28,31). The van der Waals surface area contributed by atoms with E-state index in [1.54, 1.807) is 0 Å². The fourth-order valence-corrected chi connectivity index (χ4v) is 3.30. The van der Waals surface area contributed by atoms with Crippen LogP contribution in [0.3, 0.4) is 0 Å². The van der Waals surface area contributed by atoms with Crippen LogP contribution in [0.1, 0.15) is 77.7 Å². The van der Waals surface area contributed by atoms with Crippen molar-refractivity contribution >= 4 is 12.2 Å². The first kappa shape index (κ1) is 28.8. The molecule has 0 unspecified atom stereocenters. The molecule has 2 amide bonds. The third-order valence-corrected chi connectivity index (χ3v) is 5.08. The van der Waals surface area contributed by atoms with E-state index in [0.717, 1.165) is 44.3 Å². The molecule has 0 spiro atoms. The Hall–Kier alpha value is -2.28. The molecule has 1 aromatic rings. The first-order valence-electron chi connectivity index (χ1n) is 12.4. The fraction of sp³-hybridized carbons (Fsp3) is 0.692. The number of nitrogens with zero attached hydrogens (tertiary/aromatic N) is 1. The first-order valence-corrected chi connectivity index (χ1v) is 12.4. The molecule has 1 rings (SSSR count). The van der Waals surface area contributed by atoms with Crippen LogP contribution in [0.2, 0.25) is 0 Å². The summed E-state index contributed by atoms with van der Waals surface area (Å²) in [5.74, 6) is 0. The molecule has 0 radical (unpaired) electrons. The van der Waals surface area contributed by atoms with Crippen molar-refractivity contribution in [2.75, 3.05) is 33.2 Å².